The van der Waals surface area contributed by atoms with Crippen LogP contribution in [0.4, 0.5) is 5.95 Å². The molecule has 130 valence electrons. The average molecular weight is 343 g/mol. The molecule has 1 atom stereocenters. The number of carbonyl (C=O) groups excluding carboxylic acids is 1. The van der Waals surface area contributed by atoms with Crippen LogP contribution in [-0.2, 0) is 16.1 Å². The molecule has 0 amide bonds. The van der Waals surface area contributed by atoms with E-state index in [-0.39, 0.29) is 24.4 Å². The van der Waals surface area contributed by atoms with E-state index in [1.807, 2.05) is 27.0 Å². The minimum absolute atomic E-state index is 0. The topological polar surface area (TPSA) is 59.4 Å². The van der Waals surface area contributed by atoms with Gasteiger partial charge in [-0.2, -0.15) is 0 Å². The lowest BCUT2D eigenvalue weighted by Crippen LogP contribution is -2.30. The smallest absolute Gasteiger partial charge is 0.337 e. The van der Waals surface area contributed by atoms with Crippen LogP contribution in [0.15, 0.2) is 17.5 Å². The van der Waals surface area contributed by atoms with Gasteiger partial charge in [0.1, 0.15) is 0 Å². The van der Waals surface area contributed by atoms with E-state index < -0.39 is 0 Å². The van der Waals surface area contributed by atoms with Gasteiger partial charge in [0, 0.05) is 12.2 Å². The maximum Gasteiger partial charge on any atom is 0.337 e. The first-order valence-corrected chi connectivity index (χ1v) is 7.96. The van der Waals surface area contributed by atoms with Crippen LogP contribution >= 0.6 is 12.4 Å². The second-order valence-corrected chi connectivity index (χ2v) is 5.46. The predicted molar refractivity (Wildman–Crippen MR) is 93.8 cm³/mol. The molecule has 0 aromatic carbocycles. The quantitative estimate of drug-likeness (QED) is 0.805. The van der Waals surface area contributed by atoms with Crippen molar-refractivity contribution < 1.29 is 9.53 Å². The monoisotopic (exact) mass is 342 g/mol. The lowest BCUT2D eigenvalue weighted by molar-refractivity contribution is -0.139. The van der Waals surface area contributed by atoms with Gasteiger partial charge in [0.15, 0.2) is 0 Å². The van der Waals surface area contributed by atoms with Crippen molar-refractivity contribution in [2.24, 2.45) is 0 Å². The summed E-state index contributed by atoms with van der Waals surface area (Å²) in [7, 11) is 0. The average Bonchev–Trinajstić information content (AvgIpc) is 2.87. The molecule has 1 aromatic rings. The van der Waals surface area contributed by atoms with Gasteiger partial charge in [-0.3, -0.25) is 4.90 Å². The SMILES string of the molecule is CCOC(=O)C1=C(C)Nc2ncc(CN(CC)CC)n2C1C.Cl. The summed E-state index contributed by atoms with van der Waals surface area (Å²) >= 11 is 0. The Hall–Kier alpha value is -1.53. The van der Waals surface area contributed by atoms with E-state index in [0.717, 1.165) is 37.0 Å². The fourth-order valence-electron chi connectivity index (χ4n) is 2.92. The van der Waals surface area contributed by atoms with Gasteiger partial charge in [0.05, 0.1) is 30.1 Å². The van der Waals surface area contributed by atoms with E-state index in [9.17, 15) is 4.79 Å². The molecule has 0 spiro atoms. The summed E-state index contributed by atoms with van der Waals surface area (Å²) in [6.45, 7) is 13.2. The van der Waals surface area contributed by atoms with E-state index >= 15 is 0 Å². The number of esters is 1. The van der Waals surface area contributed by atoms with Crippen molar-refractivity contribution in [2.45, 2.75) is 47.2 Å². The number of hydrogen-bond acceptors (Lipinski definition) is 5. The molecule has 7 heteroatoms. The first-order chi connectivity index (χ1) is 10.5. The van der Waals surface area contributed by atoms with Crippen LogP contribution in [0.1, 0.15) is 46.4 Å². The molecule has 0 saturated heterocycles. The third-order valence-corrected chi connectivity index (χ3v) is 4.16. The van der Waals surface area contributed by atoms with Crippen LogP contribution in [0, 0.1) is 0 Å². The molecule has 1 aliphatic heterocycles. The minimum Gasteiger partial charge on any atom is -0.463 e. The Morgan fingerprint density at radius 3 is 2.61 bits per heavy atom. The molecule has 1 N–H and O–H groups in total. The lowest BCUT2D eigenvalue weighted by Gasteiger charge is -2.29. The van der Waals surface area contributed by atoms with Gasteiger partial charge in [0.25, 0.3) is 0 Å². The Labute approximate surface area is 144 Å². The van der Waals surface area contributed by atoms with Crippen LogP contribution in [0.3, 0.4) is 0 Å². The second-order valence-electron chi connectivity index (χ2n) is 5.46. The molecule has 23 heavy (non-hydrogen) atoms. The van der Waals surface area contributed by atoms with Crippen LogP contribution in [0.5, 0.6) is 0 Å². The number of ether oxygens (including phenoxy) is 1. The standard InChI is InChI=1S/C16H26N4O2.ClH/c1-6-19(7-2)10-13-9-17-16-18-11(4)14(12(5)20(13)16)15(21)22-8-3;/h9,12H,6-8,10H2,1-5H3,(H,17,18);1H. The Morgan fingerprint density at radius 2 is 2.04 bits per heavy atom. The number of anilines is 1. The summed E-state index contributed by atoms with van der Waals surface area (Å²) in [6.07, 6.45) is 1.89. The number of halogens is 1. The second kappa shape index (κ2) is 8.36. The number of fused-ring (bicyclic) bond motifs is 1. The van der Waals surface area contributed by atoms with E-state index in [0.29, 0.717) is 12.2 Å². The molecular formula is C16H27ClN4O2. The van der Waals surface area contributed by atoms with Crippen molar-refractivity contribution in [1.29, 1.82) is 0 Å². The molecule has 1 aliphatic rings. The molecule has 6 nitrogen and oxygen atoms in total. The highest BCUT2D eigenvalue weighted by Crippen LogP contribution is 2.32. The van der Waals surface area contributed by atoms with Crippen molar-refractivity contribution in [3.8, 4) is 0 Å². The fraction of sp³-hybridized carbons (Fsp3) is 0.625. The zero-order chi connectivity index (χ0) is 16.3. The molecule has 0 saturated carbocycles. The predicted octanol–water partition coefficient (Wildman–Crippen LogP) is 2.97. The number of aromatic nitrogens is 2. The zero-order valence-corrected chi connectivity index (χ0v) is 15.4. The van der Waals surface area contributed by atoms with Gasteiger partial charge < -0.3 is 14.6 Å². The molecule has 0 aliphatic carbocycles. The van der Waals surface area contributed by atoms with Crippen molar-refractivity contribution in [2.75, 3.05) is 25.0 Å². The minimum atomic E-state index is -0.256. The molecule has 0 fully saturated rings. The number of rotatable bonds is 6. The summed E-state index contributed by atoms with van der Waals surface area (Å²) in [5.41, 5.74) is 2.60. The van der Waals surface area contributed by atoms with Crippen LogP contribution in [0.25, 0.3) is 0 Å². The summed E-state index contributed by atoms with van der Waals surface area (Å²) in [5.74, 6) is 0.536. The van der Waals surface area contributed by atoms with Gasteiger partial charge in [-0.1, -0.05) is 13.8 Å². The van der Waals surface area contributed by atoms with Gasteiger partial charge >= 0.3 is 5.97 Å². The van der Waals surface area contributed by atoms with Crippen molar-refractivity contribution in [1.82, 2.24) is 14.5 Å². The number of nitrogens with zero attached hydrogens (tertiary/aromatic N) is 3. The van der Waals surface area contributed by atoms with Crippen LogP contribution in [-0.4, -0.2) is 40.1 Å². The van der Waals surface area contributed by atoms with E-state index in [1.54, 1.807) is 0 Å². The third kappa shape index (κ3) is 3.87. The van der Waals surface area contributed by atoms with Gasteiger partial charge in [0.2, 0.25) is 5.95 Å². The molecule has 1 aromatic heterocycles. The molecule has 0 radical (unpaired) electrons. The molecule has 2 heterocycles. The van der Waals surface area contributed by atoms with Gasteiger partial charge in [-0.25, -0.2) is 9.78 Å². The fourth-order valence-corrected chi connectivity index (χ4v) is 2.92. The Balaban J connectivity index is 0.00000264. The first kappa shape index (κ1) is 19.5. The highest BCUT2D eigenvalue weighted by molar-refractivity contribution is 5.91. The highest BCUT2D eigenvalue weighted by atomic mass is 35.5. The van der Waals surface area contributed by atoms with E-state index in [2.05, 4.69) is 33.6 Å². The summed E-state index contributed by atoms with van der Waals surface area (Å²) in [5, 5.41) is 3.22. The number of hydrogen-bond donors (Lipinski definition) is 1. The molecule has 2 rings (SSSR count). The Kier molecular flexibility index (Phi) is 7.09. The third-order valence-electron chi connectivity index (χ3n) is 4.16. The normalized spacial score (nSPS) is 16.7. The van der Waals surface area contributed by atoms with E-state index in [1.165, 1.54) is 0 Å². The Morgan fingerprint density at radius 1 is 1.39 bits per heavy atom. The van der Waals surface area contributed by atoms with Gasteiger partial charge in [-0.15, -0.1) is 12.4 Å². The van der Waals surface area contributed by atoms with Crippen molar-refractivity contribution >= 4 is 24.3 Å². The van der Waals surface area contributed by atoms with Crippen LogP contribution < -0.4 is 5.32 Å². The summed E-state index contributed by atoms with van der Waals surface area (Å²) in [4.78, 5) is 19.0. The molecule has 0 bridgehead atoms. The Bertz CT molecular complexity index is 579. The van der Waals surface area contributed by atoms with E-state index in [4.69, 9.17) is 4.74 Å². The van der Waals surface area contributed by atoms with Crippen LogP contribution in [0.2, 0.25) is 0 Å². The van der Waals surface area contributed by atoms with Crippen molar-refractivity contribution in [3.05, 3.63) is 23.2 Å². The maximum absolute atomic E-state index is 12.2. The molecule has 1 unspecified atom stereocenters. The number of allylic oxidation sites excluding steroid dienone is 1. The number of nitrogens with one attached hydrogen (secondary N) is 1. The highest BCUT2D eigenvalue weighted by Gasteiger charge is 2.30. The lowest BCUT2D eigenvalue weighted by atomic mass is 10.0. The number of imidazole rings is 1. The number of carbonyl (C=O) groups is 1. The van der Waals surface area contributed by atoms with Crippen molar-refractivity contribution in [3.63, 3.8) is 0 Å². The summed E-state index contributed by atoms with van der Waals surface area (Å²) in [6, 6.07) is -0.0802. The largest absolute Gasteiger partial charge is 0.463 e. The first-order valence-electron chi connectivity index (χ1n) is 7.96. The maximum atomic E-state index is 12.2. The van der Waals surface area contributed by atoms with Gasteiger partial charge in [-0.05, 0) is 33.9 Å². The molecular weight excluding hydrogens is 316 g/mol. The zero-order valence-electron chi connectivity index (χ0n) is 14.5. The summed E-state index contributed by atoms with van der Waals surface area (Å²) < 4.78 is 7.29.